The normalized spacial score (nSPS) is 16.6. The summed E-state index contributed by atoms with van der Waals surface area (Å²) in [7, 11) is 3.10. The smallest absolute Gasteiger partial charge is 0.257 e. The van der Waals surface area contributed by atoms with Crippen molar-refractivity contribution in [3.63, 3.8) is 0 Å². The molecule has 0 radical (unpaired) electrons. The third kappa shape index (κ3) is 2.93. The molecule has 1 aliphatic heterocycles. The number of rotatable bonds is 3. The summed E-state index contributed by atoms with van der Waals surface area (Å²) in [5.41, 5.74) is 1.19. The Morgan fingerprint density at radius 3 is 2.64 bits per heavy atom. The third-order valence-corrected chi connectivity index (χ3v) is 4.61. The molecule has 1 atom stereocenters. The van der Waals surface area contributed by atoms with Crippen molar-refractivity contribution in [3.8, 4) is 0 Å². The number of carbonyl (C=O) groups is 2. The van der Waals surface area contributed by atoms with Crippen LogP contribution in [-0.4, -0.2) is 37.4 Å². The molecule has 130 valence electrons. The molecule has 2 aromatic rings. The summed E-state index contributed by atoms with van der Waals surface area (Å²) >= 11 is 6.23. The van der Waals surface area contributed by atoms with E-state index in [0.29, 0.717) is 11.3 Å². The van der Waals surface area contributed by atoms with Crippen LogP contribution in [0.1, 0.15) is 22.1 Å². The second-order valence-electron chi connectivity index (χ2n) is 5.74. The summed E-state index contributed by atoms with van der Waals surface area (Å²) in [6.07, 6.45) is -0.826. The number of benzene rings is 2. The molecule has 5 nitrogen and oxygen atoms in total. The molecule has 0 saturated carbocycles. The van der Waals surface area contributed by atoms with Crippen molar-refractivity contribution >= 4 is 29.1 Å². The van der Waals surface area contributed by atoms with E-state index < -0.39 is 12.0 Å². The number of anilines is 1. The van der Waals surface area contributed by atoms with Gasteiger partial charge in [0.2, 0.25) is 5.91 Å². The second-order valence-corrected chi connectivity index (χ2v) is 6.15. The summed E-state index contributed by atoms with van der Waals surface area (Å²) < 4.78 is 14.6. The van der Waals surface area contributed by atoms with Gasteiger partial charge in [0.1, 0.15) is 12.0 Å². The summed E-state index contributed by atoms with van der Waals surface area (Å²) in [5, 5.41) is 2.76. The van der Waals surface area contributed by atoms with Gasteiger partial charge in [-0.25, -0.2) is 4.39 Å². The van der Waals surface area contributed by atoms with Crippen molar-refractivity contribution in [1.82, 2.24) is 10.2 Å². The van der Waals surface area contributed by atoms with E-state index in [1.807, 2.05) is 0 Å². The largest absolute Gasteiger partial charge is 0.358 e. The first-order chi connectivity index (χ1) is 12.0. The molecule has 0 bridgehead atoms. The molecule has 0 aliphatic carbocycles. The number of hydrogen-bond donors (Lipinski definition) is 1. The average Bonchev–Trinajstić information content (AvgIpc) is 2.61. The molecule has 1 heterocycles. The molecule has 0 spiro atoms. The predicted molar refractivity (Wildman–Crippen MR) is 94.1 cm³/mol. The topological polar surface area (TPSA) is 52.7 Å². The number of nitrogens with zero attached hydrogens (tertiary/aromatic N) is 2. The number of carbonyl (C=O) groups excluding carboxylic acids is 2. The van der Waals surface area contributed by atoms with Gasteiger partial charge in [0, 0.05) is 19.7 Å². The maximum Gasteiger partial charge on any atom is 0.257 e. The Kier molecular flexibility index (Phi) is 4.63. The Morgan fingerprint density at radius 2 is 1.96 bits per heavy atom. The zero-order valence-corrected chi connectivity index (χ0v) is 14.5. The first-order valence-corrected chi connectivity index (χ1v) is 8.10. The lowest BCUT2D eigenvalue weighted by molar-refractivity contribution is -0.119. The molecule has 1 N–H and O–H groups in total. The summed E-state index contributed by atoms with van der Waals surface area (Å²) in [6, 6.07) is 11.3. The van der Waals surface area contributed by atoms with Crippen molar-refractivity contribution in [3.05, 3.63) is 64.4 Å². The highest BCUT2D eigenvalue weighted by Crippen LogP contribution is 2.40. The zero-order valence-electron chi connectivity index (χ0n) is 13.8. The Hall–Kier alpha value is -2.60. The monoisotopic (exact) mass is 361 g/mol. The second kappa shape index (κ2) is 6.72. The van der Waals surface area contributed by atoms with Gasteiger partial charge in [0.15, 0.2) is 0 Å². The van der Waals surface area contributed by atoms with Gasteiger partial charge >= 0.3 is 0 Å². The van der Waals surface area contributed by atoms with Crippen molar-refractivity contribution in [2.24, 2.45) is 0 Å². The van der Waals surface area contributed by atoms with Gasteiger partial charge in [0.05, 0.1) is 22.8 Å². The molecule has 2 aromatic carbocycles. The van der Waals surface area contributed by atoms with Gasteiger partial charge in [-0.1, -0.05) is 29.8 Å². The van der Waals surface area contributed by atoms with E-state index in [-0.39, 0.29) is 28.9 Å². The van der Waals surface area contributed by atoms with Crippen LogP contribution < -0.4 is 10.2 Å². The molecule has 0 fully saturated rings. The average molecular weight is 362 g/mol. The van der Waals surface area contributed by atoms with Crippen LogP contribution in [0.15, 0.2) is 42.5 Å². The first kappa shape index (κ1) is 17.2. The van der Waals surface area contributed by atoms with Crippen molar-refractivity contribution in [2.75, 3.05) is 25.5 Å². The Bertz CT molecular complexity index is 823. The van der Waals surface area contributed by atoms with Gasteiger partial charge < -0.3 is 15.1 Å². The van der Waals surface area contributed by atoms with Crippen molar-refractivity contribution in [1.29, 1.82) is 0 Å². The van der Waals surface area contributed by atoms with E-state index in [9.17, 15) is 14.0 Å². The minimum absolute atomic E-state index is 0.0412. The van der Waals surface area contributed by atoms with Crippen LogP contribution in [0.5, 0.6) is 0 Å². The van der Waals surface area contributed by atoms with E-state index in [2.05, 4.69) is 5.32 Å². The van der Waals surface area contributed by atoms with Crippen molar-refractivity contribution in [2.45, 2.75) is 6.17 Å². The maximum absolute atomic E-state index is 14.6. The number of halogens is 2. The minimum atomic E-state index is -0.826. The molecular weight excluding hydrogens is 345 g/mol. The Morgan fingerprint density at radius 1 is 1.24 bits per heavy atom. The van der Waals surface area contributed by atoms with Crippen LogP contribution >= 0.6 is 11.6 Å². The van der Waals surface area contributed by atoms with Gasteiger partial charge in [-0.05, 0) is 24.3 Å². The van der Waals surface area contributed by atoms with E-state index in [1.165, 1.54) is 24.1 Å². The van der Waals surface area contributed by atoms with Crippen LogP contribution in [-0.2, 0) is 4.79 Å². The molecule has 2 amide bonds. The SMILES string of the molecule is CNC(=O)CN1c2ccccc2C(=O)N(C)[C@H]1c1c(F)cccc1Cl. The summed E-state index contributed by atoms with van der Waals surface area (Å²) in [6.45, 7) is -0.0412. The van der Waals surface area contributed by atoms with Gasteiger partial charge in [-0.2, -0.15) is 0 Å². The molecule has 0 saturated heterocycles. The lowest BCUT2D eigenvalue weighted by Crippen LogP contribution is -2.50. The van der Waals surface area contributed by atoms with E-state index >= 15 is 0 Å². The molecule has 7 heteroatoms. The van der Waals surface area contributed by atoms with E-state index in [0.717, 1.165) is 0 Å². The highest BCUT2D eigenvalue weighted by molar-refractivity contribution is 6.31. The fourth-order valence-electron chi connectivity index (χ4n) is 3.06. The Labute approximate surface area is 150 Å². The van der Waals surface area contributed by atoms with E-state index in [4.69, 9.17) is 11.6 Å². The number of likely N-dealkylation sites (N-methyl/N-ethyl adjacent to an activating group) is 1. The lowest BCUT2D eigenvalue weighted by atomic mass is 10.0. The number of nitrogens with one attached hydrogen (secondary N) is 1. The molecule has 1 aliphatic rings. The number of amides is 2. The molecule has 0 unspecified atom stereocenters. The first-order valence-electron chi connectivity index (χ1n) is 7.73. The standard InChI is InChI=1S/C18H17ClFN3O2/c1-21-15(24)10-23-14-9-4-3-6-11(14)18(25)22(2)17(23)16-12(19)7-5-8-13(16)20/h3-9,17H,10H2,1-2H3,(H,21,24)/t17-/m1/s1. The van der Waals surface area contributed by atoms with Crippen LogP contribution in [0, 0.1) is 5.82 Å². The fraction of sp³-hybridized carbons (Fsp3) is 0.222. The summed E-state index contributed by atoms with van der Waals surface area (Å²) in [5.74, 6) is -1.04. The minimum Gasteiger partial charge on any atom is -0.358 e. The quantitative estimate of drug-likeness (QED) is 0.914. The third-order valence-electron chi connectivity index (χ3n) is 4.28. The summed E-state index contributed by atoms with van der Waals surface area (Å²) in [4.78, 5) is 27.9. The lowest BCUT2D eigenvalue weighted by Gasteiger charge is -2.44. The van der Waals surface area contributed by atoms with Gasteiger partial charge in [0.25, 0.3) is 5.91 Å². The molecule has 0 aromatic heterocycles. The fourth-order valence-corrected chi connectivity index (χ4v) is 3.32. The highest BCUT2D eigenvalue weighted by atomic mass is 35.5. The van der Waals surface area contributed by atoms with E-state index in [1.54, 1.807) is 42.3 Å². The Balaban J connectivity index is 2.21. The molecule has 3 rings (SSSR count). The number of hydrogen-bond acceptors (Lipinski definition) is 3. The number of fused-ring (bicyclic) bond motifs is 1. The van der Waals surface area contributed by atoms with Crippen molar-refractivity contribution < 1.29 is 14.0 Å². The zero-order chi connectivity index (χ0) is 18.1. The van der Waals surface area contributed by atoms with Crippen LogP contribution in [0.4, 0.5) is 10.1 Å². The maximum atomic E-state index is 14.6. The van der Waals surface area contributed by atoms with Crippen LogP contribution in [0.25, 0.3) is 0 Å². The molecular formula is C18H17ClFN3O2. The molecule has 25 heavy (non-hydrogen) atoms. The van der Waals surface area contributed by atoms with Crippen LogP contribution in [0.2, 0.25) is 5.02 Å². The predicted octanol–water partition coefficient (Wildman–Crippen LogP) is 2.82. The highest BCUT2D eigenvalue weighted by Gasteiger charge is 2.39. The van der Waals surface area contributed by atoms with Crippen LogP contribution in [0.3, 0.4) is 0 Å². The van der Waals surface area contributed by atoms with Gasteiger partial charge in [-0.15, -0.1) is 0 Å². The number of para-hydroxylation sites is 1. The van der Waals surface area contributed by atoms with Gasteiger partial charge in [-0.3, -0.25) is 9.59 Å².